The van der Waals surface area contributed by atoms with E-state index in [0.29, 0.717) is 18.8 Å². The van der Waals surface area contributed by atoms with Gasteiger partial charge in [-0.1, -0.05) is 13.0 Å². The summed E-state index contributed by atoms with van der Waals surface area (Å²) in [4.78, 5) is 25.8. The molecule has 0 aromatic heterocycles. The van der Waals surface area contributed by atoms with Gasteiger partial charge in [0, 0.05) is 50.9 Å². The minimum Gasteiger partial charge on any atom is -0.340 e. The van der Waals surface area contributed by atoms with Gasteiger partial charge in [0.2, 0.25) is 26.0 Å². The Labute approximate surface area is 193 Å². The van der Waals surface area contributed by atoms with Gasteiger partial charge >= 0.3 is 0 Å². The zero-order chi connectivity index (χ0) is 24.2. The molecule has 1 aliphatic rings. The molecule has 12 heteroatoms. The standard InChI is InChI=1S/C21H26N4O6S2/c1-3-22-32(28,29)19-9-7-18(8-10-19)23-21(27)17-5-4-6-20(15-17)33(30,31)25-13-11-24(12-14-25)16(2)26/h4-10,15,22H,3,11-14H2,1-2H3,(H,23,27). The molecule has 178 valence electrons. The van der Waals surface area contributed by atoms with Crippen molar-refractivity contribution in [2.45, 2.75) is 23.6 Å². The highest BCUT2D eigenvalue weighted by molar-refractivity contribution is 7.89. The molecule has 1 aliphatic heterocycles. The highest BCUT2D eigenvalue weighted by Crippen LogP contribution is 2.20. The van der Waals surface area contributed by atoms with E-state index in [0.717, 1.165) is 0 Å². The number of hydrogen-bond donors (Lipinski definition) is 2. The Morgan fingerprint density at radius 3 is 2.12 bits per heavy atom. The number of nitrogens with one attached hydrogen (secondary N) is 2. The summed E-state index contributed by atoms with van der Waals surface area (Å²) in [6.45, 7) is 4.36. The second-order valence-corrected chi connectivity index (χ2v) is 11.1. The Kier molecular flexibility index (Phi) is 7.52. The molecule has 3 rings (SSSR count). The minimum atomic E-state index is -3.83. The normalized spacial score (nSPS) is 15.3. The molecule has 1 fully saturated rings. The van der Waals surface area contributed by atoms with Crippen molar-refractivity contribution in [2.24, 2.45) is 0 Å². The summed E-state index contributed by atoms with van der Waals surface area (Å²) in [7, 11) is -7.43. The van der Waals surface area contributed by atoms with Crippen molar-refractivity contribution in [1.82, 2.24) is 13.9 Å². The zero-order valence-corrected chi connectivity index (χ0v) is 19.9. The molecule has 0 atom stereocenters. The molecule has 2 aromatic carbocycles. The molecule has 1 saturated heterocycles. The van der Waals surface area contributed by atoms with Crippen LogP contribution in [0.1, 0.15) is 24.2 Å². The number of amides is 2. The summed E-state index contributed by atoms with van der Waals surface area (Å²) >= 11 is 0. The van der Waals surface area contributed by atoms with Crippen molar-refractivity contribution >= 4 is 37.5 Å². The average Bonchev–Trinajstić information content (AvgIpc) is 2.79. The quantitative estimate of drug-likeness (QED) is 0.592. The lowest BCUT2D eigenvalue weighted by atomic mass is 10.2. The molecule has 0 saturated carbocycles. The van der Waals surface area contributed by atoms with E-state index in [9.17, 15) is 26.4 Å². The van der Waals surface area contributed by atoms with Gasteiger partial charge in [0.1, 0.15) is 0 Å². The predicted molar refractivity (Wildman–Crippen MR) is 123 cm³/mol. The average molecular weight is 495 g/mol. The van der Waals surface area contributed by atoms with E-state index < -0.39 is 26.0 Å². The molecule has 0 bridgehead atoms. The fourth-order valence-electron chi connectivity index (χ4n) is 3.38. The van der Waals surface area contributed by atoms with Crippen LogP contribution in [0.25, 0.3) is 0 Å². The van der Waals surface area contributed by atoms with Gasteiger partial charge < -0.3 is 10.2 Å². The summed E-state index contributed by atoms with van der Waals surface area (Å²) in [6.07, 6.45) is 0. The molecule has 2 amide bonds. The summed E-state index contributed by atoms with van der Waals surface area (Å²) < 4.78 is 53.7. The van der Waals surface area contributed by atoms with Crippen LogP contribution in [-0.4, -0.2) is 70.6 Å². The summed E-state index contributed by atoms with van der Waals surface area (Å²) in [5, 5.41) is 2.64. The molecule has 1 heterocycles. The van der Waals surface area contributed by atoms with E-state index in [1.807, 2.05) is 0 Å². The predicted octanol–water partition coefficient (Wildman–Crippen LogP) is 1.09. The number of rotatable bonds is 7. The molecule has 0 aliphatic carbocycles. The minimum absolute atomic E-state index is 0.0153. The summed E-state index contributed by atoms with van der Waals surface area (Å²) in [6, 6.07) is 11.3. The van der Waals surface area contributed by atoms with Gasteiger partial charge in [0.15, 0.2) is 0 Å². The Bertz CT molecular complexity index is 1240. The number of benzene rings is 2. The van der Waals surface area contributed by atoms with Gasteiger partial charge in [0.05, 0.1) is 9.79 Å². The van der Waals surface area contributed by atoms with E-state index in [4.69, 9.17) is 0 Å². The molecule has 0 spiro atoms. The van der Waals surface area contributed by atoms with Crippen LogP contribution in [0.3, 0.4) is 0 Å². The molecule has 2 aromatic rings. The summed E-state index contributed by atoms with van der Waals surface area (Å²) in [5.41, 5.74) is 0.506. The number of hydrogen-bond acceptors (Lipinski definition) is 6. The lowest BCUT2D eigenvalue weighted by Crippen LogP contribution is -2.49. The van der Waals surface area contributed by atoms with Gasteiger partial charge in [-0.15, -0.1) is 0 Å². The molecule has 0 radical (unpaired) electrons. The number of carbonyl (C=O) groups excluding carboxylic acids is 2. The first-order chi connectivity index (χ1) is 15.5. The van der Waals surface area contributed by atoms with Crippen LogP contribution in [0.15, 0.2) is 58.3 Å². The maximum atomic E-state index is 13.0. The highest BCUT2D eigenvalue weighted by atomic mass is 32.2. The van der Waals surface area contributed by atoms with E-state index in [2.05, 4.69) is 10.0 Å². The third-order valence-electron chi connectivity index (χ3n) is 5.17. The first-order valence-electron chi connectivity index (χ1n) is 10.3. The fourth-order valence-corrected chi connectivity index (χ4v) is 5.89. The maximum Gasteiger partial charge on any atom is 0.255 e. The largest absolute Gasteiger partial charge is 0.340 e. The Morgan fingerprint density at radius 2 is 1.55 bits per heavy atom. The van der Waals surface area contributed by atoms with Gasteiger partial charge in [-0.2, -0.15) is 4.31 Å². The maximum absolute atomic E-state index is 13.0. The van der Waals surface area contributed by atoms with Crippen LogP contribution in [0.5, 0.6) is 0 Å². The lowest BCUT2D eigenvalue weighted by molar-refractivity contribution is -0.129. The molecular weight excluding hydrogens is 468 g/mol. The Balaban J connectivity index is 1.73. The Morgan fingerprint density at radius 1 is 0.909 bits per heavy atom. The van der Waals surface area contributed by atoms with Crippen molar-refractivity contribution in [3.8, 4) is 0 Å². The topological polar surface area (TPSA) is 133 Å². The van der Waals surface area contributed by atoms with Crippen LogP contribution in [0.4, 0.5) is 5.69 Å². The molecule has 10 nitrogen and oxygen atoms in total. The molecule has 2 N–H and O–H groups in total. The van der Waals surface area contributed by atoms with Crippen molar-refractivity contribution < 1.29 is 26.4 Å². The second-order valence-electron chi connectivity index (χ2n) is 7.42. The number of piperazine rings is 1. The van der Waals surface area contributed by atoms with Crippen LogP contribution in [0, 0.1) is 0 Å². The third-order valence-corrected chi connectivity index (χ3v) is 8.63. The van der Waals surface area contributed by atoms with E-state index in [-0.39, 0.29) is 40.9 Å². The smallest absolute Gasteiger partial charge is 0.255 e. The van der Waals surface area contributed by atoms with E-state index in [1.54, 1.807) is 11.8 Å². The Hall–Kier alpha value is -2.80. The first kappa shape index (κ1) is 24.8. The molecule has 33 heavy (non-hydrogen) atoms. The number of sulfonamides is 2. The highest BCUT2D eigenvalue weighted by Gasteiger charge is 2.29. The monoisotopic (exact) mass is 494 g/mol. The van der Waals surface area contributed by atoms with Gasteiger partial charge in [-0.3, -0.25) is 9.59 Å². The van der Waals surface area contributed by atoms with E-state index in [1.165, 1.54) is 59.8 Å². The van der Waals surface area contributed by atoms with Crippen molar-refractivity contribution in [3.05, 3.63) is 54.1 Å². The van der Waals surface area contributed by atoms with Crippen LogP contribution >= 0.6 is 0 Å². The number of carbonyl (C=O) groups is 2. The number of anilines is 1. The lowest BCUT2D eigenvalue weighted by Gasteiger charge is -2.33. The zero-order valence-electron chi connectivity index (χ0n) is 18.3. The summed E-state index contributed by atoms with van der Waals surface area (Å²) in [5.74, 6) is -0.631. The molecule has 0 unspecified atom stereocenters. The third kappa shape index (κ3) is 5.77. The van der Waals surface area contributed by atoms with Gasteiger partial charge in [-0.25, -0.2) is 21.6 Å². The van der Waals surface area contributed by atoms with Crippen molar-refractivity contribution in [2.75, 3.05) is 38.0 Å². The van der Waals surface area contributed by atoms with E-state index >= 15 is 0 Å². The van der Waals surface area contributed by atoms with Gasteiger partial charge in [-0.05, 0) is 42.5 Å². The van der Waals surface area contributed by atoms with Crippen molar-refractivity contribution in [1.29, 1.82) is 0 Å². The van der Waals surface area contributed by atoms with Crippen molar-refractivity contribution in [3.63, 3.8) is 0 Å². The SMILES string of the molecule is CCNS(=O)(=O)c1ccc(NC(=O)c2cccc(S(=O)(=O)N3CCN(C(C)=O)CC3)c2)cc1. The fraction of sp³-hybridized carbons (Fsp3) is 0.333. The first-order valence-corrected chi connectivity index (χ1v) is 13.2. The van der Waals surface area contributed by atoms with Gasteiger partial charge in [0.25, 0.3) is 5.91 Å². The van der Waals surface area contributed by atoms with Crippen LogP contribution in [0.2, 0.25) is 0 Å². The number of nitrogens with zero attached hydrogens (tertiary/aromatic N) is 2. The van der Waals surface area contributed by atoms with Crippen LogP contribution < -0.4 is 10.0 Å². The molecular formula is C21H26N4O6S2. The van der Waals surface area contributed by atoms with Crippen LogP contribution in [-0.2, 0) is 24.8 Å². The second kappa shape index (κ2) is 10.00.